The number of likely N-dealkylation sites (tertiary alicyclic amines) is 1. The Morgan fingerprint density at radius 2 is 2.16 bits per heavy atom. The van der Waals surface area contributed by atoms with Crippen molar-refractivity contribution in [2.75, 3.05) is 6.54 Å². The maximum absolute atomic E-state index is 5.62. The fraction of sp³-hybridized carbons (Fsp3) is 0.562. The van der Waals surface area contributed by atoms with Gasteiger partial charge in [0.05, 0.1) is 4.99 Å². The van der Waals surface area contributed by atoms with E-state index in [1.165, 1.54) is 43.4 Å². The van der Waals surface area contributed by atoms with Crippen LogP contribution in [0.2, 0.25) is 0 Å². The molecule has 1 aromatic rings. The largest absolute Gasteiger partial charge is 0.393 e. The monoisotopic (exact) mass is 276 g/mol. The minimum atomic E-state index is 0.571. The van der Waals surface area contributed by atoms with E-state index in [1.807, 2.05) is 0 Å². The van der Waals surface area contributed by atoms with Gasteiger partial charge in [-0.1, -0.05) is 49.8 Å². The van der Waals surface area contributed by atoms with Crippen LogP contribution in [0.3, 0.4) is 0 Å². The topological polar surface area (TPSA) is 29.3 Å². The Bertz CT molecular complexity index is 431. The van der Waals surface area contributed by atoms with Crippen molar-refractivity contribution in [2.45, 2.75) is 51.6 Å². The Balaban J connectivity index is 2.03. The number of hydrogen-bond donors (Lipinski definition) is 1. The van der Waals surface area contributed by atoms with Gasteiger partial charge in [0.25, 0.3) is 0 Å². The molecule has 2 N–H and O–H groups in total. The lowest BCUT2D eigenvalue weighted by molar-refractivity contribution is 0.136. The van der Waals surface area contributed by atoms with Crippen molar-refractivity contribution < 1.29 is 0 Å². The van der Waals surface area contributed by atoms with Crippen molar-refractivity contribution >= 4 is 17.2 Å². The second-order valence-corrected chi connectivity index (χ2v) is 6.02. The van der Waals surface area contributed by atoms with E-state index in [9.17, 15) is 0 Å². The quantitative estimate of drug-likeness (QED) is 0.837. The molecule has 1 aliphatic rings. The molecule has 1 heterocycles. The first-order valence-electron chi connectivity index (χ1n) is 7.29. The Morgan fingerprint density at radius 1 is 1.37 bits per heavy atom. The molecule has 2 rings (SSSR count). The molecule has 0 amide bonds. The van der Waals surface area contributed by atoms with Gasteiger partial charge >= 0.3 is 0 Å². The fourth-order valence-corrected chi connectivity index (χ4v) is 3.17. The van der Waals surface area contributed by atoms with E-state index in [0.29, 0.717) is 11.4 Å². The summed E-state index contributed by atoms with van der Waals surface area (Å²) in [4.78, 5) is 3.20. The highest BCUT2D eigenvalue weighted by Crippen LogP contribution is 2.22. The third-order valence-electron chi connectivity index (χ3n) is 3.98. The van der Waals surface area contributed by atoms with Crippen LogP contribution in [0.25, 0.3) is 0 Å². The minimum Gasteiger partial charge on any atom is -0.393 e. The summed E-state index contributed by atoms with van der Waals surface area (Å²) in [5.74, 6) is 0. The predicted octanol–water partition coefficient (Wildman–Crippen LogP) is 3.28. The highest BCUT2D eigenvalue weighted by atomic mass is 32.1. The predicted molar refractivity (Wildman–Crippen MR) is 85.3 cm³/mol. The summed E-state index contributed by atoms with van der Waals surface area (Å²) in [5.41, 5.74) is 8.24. The van der Waals surface area contributed by atoms with Crippen molar-refractivity contribution in [1.82, 2.24) is 4.90 Å². The molecule has 1 aliphatic heterocycles. The Hall–Kier alpha value is -0.930. The van der Waals surface area contributed by atoms with Crippen LogP contribution in [0, 0.1) is 0 Å². The molecular formula is C16H24N2S. The first-order chi connectivity index (χ1) is 9.19. The Labute approximate surface area is 122 Å². The van der Waals surface area contributed by atoms with E-state index < -0.39 is 0 Å². The van der Waals surface area contributed by atoms with Crippen LogP contribution in [-0.4, -0.2) is 22.5 Å². The smallest absolute Gasteiger partial charge is 0.0771 e. The molecule has 0 spiro atoms. The van der Waals surface area contributed by atoms with Gasteiger partial charge in [0.15, 0.2) is 0 Å². The third kappa shape index (κ3) is 4.29. The van der Waals surface area contributed by atoms with Crippen molar-refractivity contribution in [3.8, 4) is 0 Å². The van der Waals surface area contributed by atoms with Crippen LogP contribution in [-0.2, 0) is 13.0 Å². The SMILES string of the molecule is CCC1CCCCN1Cc1cccc(CC(N)=S)c1. The Morgan fingerprint density at radius 3 is 2.89 bits per heavy atom. The molecule has 1 aromatic carbocycles. The van der Waals surface area contributed by atoms with Gasteiger partial charge in [-0.05, 0) is 36.9 Å². The molecule has 0 aliphatic carbocycles. The Kier molecular flexibility index (Phi) is 5.34. The zero-order valence-electron chi connectivity index (χ0n) is 11.8. The van der Waals surface area contributed by atoms with Crippen LogP contribution < -0.4 is 5.73 Å². The van der Waals surface area contributed by atoms with Gasteiger partial charge in [-0.25, -0.2) is 0 Å². The van der Waals surface area contributed by atoms with Gasteiger partial charge in [-0.15, -0.1) is 0 Å². The number of thiocarbonyl (C=S) groups is 1. The third-order valence-corrected chi connectivity index (χ3v) is 4.12. The molecule has 0 saturated carbocycles. The van der Waals surface area contributed by atoms with Gasteiger partial charge in [0.2, 0.25) is 0 Å². The molecule has 0 bridgehead atoms. The van der Waals surface area contributed by atoms with E-state index in [-0.39, 0.29) is 0 Å². The van der Waals surface area contributed by atoms with Crippen LogP contribution >= 0.6 is 12.2 Å². The number of hydrogen-bond acceptors (Lipinski definition) is 2. The van der Waals surface area contributed by atoms with Gasteiger partial charge in [-0.3, -0.25) is 4.90 Å². The number of nitrogens with two attached hydrogens (primary N) is 1. The highest BCUT2D eigenvalue weighted by Gasteiger charge is 2.20. The first-order valence-corrected chi connectivity index (χ1v) is 7.70. The van der Waals surface area contributed by atoms with Crippen LogP contribution in [0.5, 0.6) is 0 Å². The van der Waals surface area contributed by atoms with E-state index in [2.05, 4.69) is 36.1 Å². The van der Waals surface area contributed by atoms with Gasteiger partial charge < -0.3 is 5.73 Å². The molecule has 19 heavy (non-hydrogen) atoms. The maximum atomic E-state index is 5.62. The van der Waals surface area contributed by atoms with Gasteiger partial charge in [0, 0.05) is 19.0 Å². The van der Waals surface area contributed by atoms with Crippen molar-refractivity contribution in [3.63, 3.8) is 0 Å². The number of nitrogens with zero attached hydrogens (tertiary/aromatic N) is 1. The van der Waals surface area contributed by atoms with Crippen molar-refractivity contribution in [1.29, 1.82) is 0 Å². The summed E-state index contributed by atoms with van der Waals surface area (Å²) in [6.07, 6.45) is 6.04. The molecule has 1 fully saturated rings. The zero-order valence-corrected chi connectivity index (χ0v) is 12.6. The lowest BCUT2D eigenvalue weighted by atomic mass is 9.98. The van der Waals surface area contributed by atoms with Crippen LogP contribution in [0.15, 0.2) is 24.3 Å². The maximum Gasteiger partial charge on any atom is 0.0771 e. The van der Waals surface area contributed by atoms with E-state index in [4.69, 9.17) is 18.0 Å². The molecule has 1 saturated heterocycles. The minimum absolute atomic E-state index is 0.571. The number of rotatable bonds is 5. The number of piperidine rings is 1. The molecule has 1 atom stereocenters. The summed E-state index contributed by atoms with van der Waals surface area (Å²) in [7, 11) is 0. The summed E-state index contributed by atoms with van der Waals surface area (Å²) in [6.45, 7) is 4.59. The number of benzene rings is 1. The van der Waals surface area contributed by atoms with Crippen LogP contribution in [0.1, 0.15) is 43.7 Å². The molecule has 2 nitrogen and oxygen atoms in total. The highest BCUT2D eigenvalue weighted by molar-refractivity contribution is 7.80. The average molecular weight is 276 g/mol. The standard InChI is InChI=1S/C16H24N2S/c1-2-15-8-3-4-9-18(15)12-14-7-5-6-13(10-14)11-16(17)19/h5-7,10,15H,2-4,8-9,11-12H2,1H3,(H2,17,19). The molecule has 3 heteroatoms. The van der Waals surface area contributed by atoms with Crippen molar-refractivity contribution in [2.24, 2.45) is 5.73 Å². The summed E-state index contributed by atoms with van der Waals surface area (Å²) < 4.78 is 0. The summed E-state index contributed by atoms with van der Waals surface area (Å²) in [5, 5.41) is 0. The average Bonchev–Trinajstić information content (AvgIpc) is 2.39. The van der Waals surface area contributed by atoms with E-state index in [1.54, 1.807) is 0 Å². The molecule has 1 unspecified atom stereocenters. The molecule has 104 valence electrons. The lowest BCUT2D eigenvalue weighted by Crippen LogP contribution is -2.38. The molecule has 0 radical (unpaired) electrons. The second kappa shape index (κ2) is 7.01. The normalized spacial score (nSPS) is 20.4. The van der Waals surface area contributed by atoms with E-state index in [0.717, 1.165) is 12.6 Å². The van der Waals surface area contributed by atoms with Gasteiger partial charge in [0.1, 0.15) is 0 Å². The molecule has 0 aromatic heterocycles. The summed E-state index contributed by atoms with van der Waals surface area (Å²) >= 11 is 4.99. The second-order valence-electron chi connectivity index (χ2n) is 5.49. The molecular weight excluding hydrogens is 252 g/mol. The van der Waals surface area contributed by atoms with Gasteiger partial charge in [-0.2, -0.15) is 0 Å². The van der Waals surface area contributed by atoms with E-state index >= 15 is 0 Å². The zero-order chi connectivity index (χ0) is 13.7. The van der Waals surface area contributed by atoms with Crippen molar-refractivity contribution in [3.05, 3.63) is 35.4 Å². The summed E-state index contributed by atoms with van der Waals surface area (Å²) in [6, 6.07) is 9.45. The van der Waals surface area contributed by atoms with Crippen LogP contribution in [0.4, 0.5) is 0 Å². The fourth-order valence-electron chi connectivity index (χ4n) is 3.00. The lowest BCUT2D eigenvalue weighted by Gasteiger charge is -2.35. The first kappa shape index (κ1) is 14.5.